The Morgan fingerprint density at radius 2 is 2.15 bits per heavy atom. The first-order chi connectivity index (χ1) is 12.7. The van der Waals surface area contributed by atoms with E-state index in [4.69, 9.17) is 9.47 Å². The Hall–Kier alpha value is -1.96. The van der Waals surface area contributed by atoms with Gasteiger partial charge in [-0.15, -0.1) is 0 Å². The number of aromatic nitrogens is 1. The maximum absolute atomic E-state index is 14.1. The Morgan fingerprint density at radius 1 is 1.31 bits per heavy atom. The maximum atomic E-state index is 14.1. The van der Waals surface area contributed by atoms with Crippen molar-refractivity contribution in [3.8, 4) is 0 Å². The van der Waals surface area contributed by atoms with Gasteiger partial charge < -0.3 is 19.8 Å². The Balaban J connectivity index is 1.48. The minimum Gasteiger partial charge on any atom is -0.381 e. The highest BCUT2D eigenvalue weighted by Crippen LogP contribution is 2.23. The van der Waals surface area contributed by atoms with Crippen LogP contribution in [-0.4, -0.2) is 67.9 Å². The normalized spacial score (nSPS) is 22.6. The number of morpholine rings is 1. The molecule has 1 aromatic carbocycles. The topological polar surface area (TPSA) is 66.6 Å². The number of hydrogen-bond donors (Lipinski definition) is 2. The quantitative estimate of drug-likeness (QED) is 0.852. The lowest BCUT2D eigenvalue weighted by atomic mass is 9.96. The third-order valence-corrected chi connectivity index (χ3v) is 5.40. The fraction of sp³-hybridized carbons (Fsp3) is 0.526. The van der Waals surface area contributed by atoms with E-state index in [1.807, 2.05) is 0 Å². The maximum Gasteiger partial charge on any atom is 0.253 e. The van der Waals surface area contributed by atoms with E-state index >= 15 is 0 Å². The lowest BCUT2D eigenvalue weighted by Crippen LogP contribution is -2.52. The van der Waals surface area contributed by atoms with Gasteiger partial charge in [-0.1, -0.05) is 6.07 Å². The van der Waals surface area contributed by atoms with Crippen LogP contribution in [0.15, 0.2) is 24.4 Å². The molecule has 0 bridgehead atoms. The van der Waals surface area contributed by atoms with Crippen LogP contribution in [0.25, 0.3) is 10.9 Å². The zero-order valence-corrected chi connectivity index (χ0v) is 14.7. The number of rotatable bonds is 5. The van der Waals surface area contributed by atoms with Crippen LogP contribution < -0.4 is 5.32 Å². The number of carbonyl (C=O) groups is 1. The van der Waals surface area contributed by atoms with Crippen LogP contribution in [-0.2, 0) is 9.47 Å². The number of aromatic amines is 1. The van der Waals surface area contributed by atoms with Gasteiger partial charge in [-0.2, -0.15) is 0 Å². The second-order valence-corrected chi connectivity index (χ2v) is 6.91. The van der Waals surface area contributed by atoms with Crippen molar-refractivity contribution in [1.82, 2.24) is 15.2 Å². The molecule has 2 aliphatic heterocycles. The summed E-state index contributed by atoms with van der Waals surface area (Å²) in [4.78, 5) is 18.0. The van der Waals surface area contributed by atoms with Crippen molar-refractivity contribution < 1.29 is 18.7 Å². The number of ether oxygens (including phenoxy) is 2. The average molecular weight is 361 g/mol. The molecule has 1 amide bonds. The molecular formula is C19H24FN3O3. The number of nitrogens with zero attached hydrogens (tertiary/aromatic N) is 1. The Morgan fingerprint density at radius 3 is 2.92 bits per heavy atom. The first-order valence-corrected chi connectivity index (χ1v) is 9.17. The van der Waals surface area contributed by atoms with E-state index in [2.05, 4.69) is 15.2 Å². The van der Waals surface area contributed by atoms with E-state index in [-0.39, 0.29) is 17.8 Å². The molecule has 2 atom stereocenters. The summed E-state index contributed by atoms with van der Waals surface area (Å²) >= 11 is 0. The standard InChI is InChI=1S/C19H24FN3O3/c20-15-2-1-3-16-18(15)14(10-21-16)19(24)22-11-17(13-4-7-26-12-13)23-5-8-25-9-6-23/h1-3,10,13,17,21H,4-9,11-12H2,(H,22,24)/t13-,17+/m1/s1. The van der Waals surface area contributed by atoms with Gasteiger partial charge in [0.05, 0.1) is 25.4 Å². The molecular weight excluding hydrogens is 337 g/mol. The number of fused-ring (bicyclic) bond motifs is 1. The molecule has 4 rings (SSSR count). The highest BCUT2D eigenvalue weighted by Gasteiger charge is 2.32. The molecule has 2 N–H and O–H groups in total. The van der Waals surface area contributed by atoms with Crippen LogP contribution in [0.1, 0.15) is 16.8 Å². The fourth-order valence-electron chi connectivity index (χ4n) is 3.97. The lowest BCUT2D eigenvalue weighted by molar-refractivity contribution is 0.00167. The molecule has 0 radical (unpaired) electrons. The molecule has 7 heteroatoms. The minimum absolute atomic E-state index is 0.209. The number of benzene rings is 1. The third-order valence-electron chi connectivity index (χ3n) is 5.40. The highest BCUT2D eigenvalue weighted by molar-refractivity contribution is 6.06. The summed E-state index contributed by atoms with van der Waals surface area (Å²) in [6.07, 6.45) is 2.57. The van der Waals surface area contributed by atoms with E-state index in [1.165, 1.54) is 6.07 Å². The average Bonchev–Trinajstić information content (AvgIpc) is 3.33. The molecule has 140 valence electrons. The van der Waals surface area contributed by atoms with Gasteiger partial charge >= 0.3 is 0 Å². The zero-order chi connectivity index (χ0) is 17.9. The van der Waals surface area contributed by atoms with Crippen LogP contribution in [0.4, 0.5) is 4.39 Å². The number of hydrogen-bond acceptors (Lipinski definition) is 4. The number of amides is 1. The SMILES string of the molecule is O=C(NC[C@@H]([C@@H]1CCOC1)N1CCOCC1)c1c[nH]c2cccc(F)c12. The Kier molecular flexibility index (Phi) is 5.19. The number of H-pyrrole nitrogens is 1. The van der Waals surface area contributed by atoms with Gasteiger partial charge in [0.15, 0.2) is 0 Å². The van der Waals surface area contributed by atoms with E-state index < -0.39 is 0 Å². The summed E-state index contributed by atoms with van der Waals surface area (Å²) in [7, 11) is 0. The number of carbonyl (C=O) groups excluding carboxylic acids is 1. The Bertz CT molecular complexity index is 766. The van der Waals surface area contributed by atoms with Crippen molar-refractivity contribution in [2.24, 2.45) is 5.92 Å². The second kappa shape index (κ2) is 7.73. The largest absolute Gasteiger partial charge is 0.381 e. The third kappa shape index (κ3) is 3.47. The van der Waals surface area contributed by atoms with Crippen molar-refractivity contribution in [3.05, 3.63) is 35.8 Å². The van der Waals surface area contributed by atoms with Gasteiger partial charge in [-0.05, 0) is 18.6 Å². The van der Waals surface area contributed by atoms with Crippen molar-refractivity contribution in [1.29, 1.82) is 0 Å². The molecule has 0 aliphatic carbocycles. The highest BCUT2D eigenvalue weighted by atomic mass is 19.1. The molecule has 3 heterocycles. The summed E-state index contributed by atoms with van der Waals surface area (Å²) in [6.45, 7) is 5.16. The molecule has 2 aromatic rings. The number of halogens is 1. The molecule has 2 saturated heterocycles. The van der Waals surface area contributed by atoms with Crippen molar-refractivity contribution in [3.63, 3.8) is 0 Å². The molecule has 2 aliphatic rings. The summed E-state index contributed by atoms with van der Waals surface area (Å²) in [5.74, 6) is -0.241. The van der Waals surface area contributed by atoms with Crippen LogP contribution in [0.2, 0.25) is 0 Å². The van der Waals surface area contributed by atoms with E-state index in [1.54, 1.807) is 18.3 Å². The smallest absolute Gasteiger partial charge is 0.253 e. The van der Waals surface area contributed by atoms with E-state index in [0.717, 1.165) is 32.7 Å². The van der Waals surface area contributed by atoms with Gasteiger partial charge in [0.25, 0.3) is 5.91 Å². The van der Waals surface area contributed by atoms with Gasteiger partial charge in [-0.3, -0.25) is 9.69 Å². The second-order valence-electron chi connectivity index (χ2n) is 6.91. The fourth-order valence-corrected chi connectivity index (χ4v) is 3.97. The van der Waals surface area contributed by atoms with Crippen LogP contribution in [0.3, 0.4) is 0 Å². The minimum atomic E-state index is -0.386. The molecule has 26 heavy (non-hydrogen) atoms. The van der Waals surface area contributed by atoms with Crippen molar-refractivity contribution in [2.75, 3.05) is 46.1 Å². The summed E-state index contributed by atoms with van der Waals surface area (Å²) in [6, 6.07) is 4.98. The van der Waals surface area contributed by atoms with Gasteiger partial charge in [0, 0.05) is 55.3 Å². The molecule has 0 spiro atoms. The van der Waals surface area contributed by atoms with Gasteiger partial charge in [-0.25, -0.2) is 4.39 Å². The van der Waals surface area contributed by atoms with Gasteiger partial charge in [0.1, 0.15) is 5.82 Å². The molecule has 6 nitrogen and oxygen atoms in total. The molecule has 1 aromatic heterocycles. The molecule has 2 fully saturated rings. The first kappa shape index (κ1) is 17.5. The van der Waals surface area contributed by atoms with Crippen LogP contribution >= 0.6 is 0 Å². The van der Waals surface area contributed by atoms with Crippen molar-refractivity contribution >= 4 is 16.8 Å². The lowest BCUT2D eigenvalue weighted by Gasteiger charge is -2.37. The Labute approximate surface area is 151 Å². The predicted octanol–water partition coefficient (Wildman–Crippen LogP) is 1.77. The number of nitrogens with one attached hydrogen (secondary N) is 2. The monoisotopic (exact) mass is 361 g/mol. The van der Waals surface area contributed by atoms with Crippen LogP contribution in [0, 0.1) is 11.7 Å². The van der Waals surface area contributed by atoms with E-state index in [0.29, 0.717) is 42.1 Å². The predicted molar refractivity (Wildman–Crippen MR) is 95.7 cm³/mol. The summed E-state index contributed by atoms with van der Waals surface area (Å²) in [5, 5.41) is 3.36. The van der Waals surface area contributed by atoms with Crippen molar-refractivity contribution in [2.45, 2.75) is 12.5 Å². The first-order valence-electron chi connectivity index (χ1n) is 9.17. The van der Waals surface area contributed by atoms with E-state index in [9.17, 15) is 9.18 Å². The molecule has 0 unspecified atom stereocenters. The summed E-state index contributed by atoms with van der Waals surface area (Å²) < 4.78 is 25.1. The molecule has 0 saturated carbocycles. The van der Waals surface area contributed by atoms with Gasteiger partial charge in [0.2, 0.25) is 0 Å². The zero-order valence-electron chi connectivity index (χ0n) is 14.7. The van der Waals surface area contributed by atoms with Crippen LogP contribution in [0.5, 0.6) is 0 Å². The summed E-state index contributed by atoms with van der Waals surface area (Å²) in [5.41, 5.74) is 0.977.